The molecule has 0 atom stereocenters. The van der Waals surface area contributed by atoms with E-state index in [-0.39, 0.29) is 29.5 Å². The van der Waals surface area contributed by atoms with Crippen LogP contribution in [0.15, 0.2) is 24.3 Å². The predicted octanol–water partition coefficient (Wildman–Crippen LogP) is 1.19. The Bertz CT molecular complexity index is 625. The number of amides is 2. The molecule has 1 aromatic rings. The van der Waals surface area contributed by atoms with Gasteiger partial charge in [0.1, 0.15) is 5.75 Å². The van der Waals surface area contributed by atoms with Gasteiger partial charge in [-0.3, -0.25) is 9.59 Å². The van der Waals surface area contributed by atoms with Crippen LogP contribution in [0.4, 0.5) is 0 Å². The molecular formula is C17H22ClN3O3. The van der Waals surface area contributed by atoms with Gasteiger partial charge in [-0.05, 0) is 43.5 Å². The van der Waals surface area contributed by atoms with Gasteiger partial charge < -0.3 is 20.3 Å². The van der Waals surface area contributed by atoms with E-state index in [1.54, 1.807) is 43.3 Å². The molecule has 3 aliphatic rings. The van der Waals surface area contributed by atoms with E-state index >= 15 is 0 Å². The Morgan fingerprint density at radius 1 is 1.17 bits per heavy atom. The van der Waals surface area contributed by atoms with Gasteiger partial charge in [-0.25, -0.2) is 0 Å². The molecule has 1 aromatic carbocycles. The summed E-state index contributed by atoms with van der Waals surface area (Å²) in [5, 5.41) is 7.00. The van der Waals surface area contributed by atoms with Crippen LogP contribution >= 0.6 is 11.6 Å². The lowest BCUT2D eigenvalue weighted by Gasteiger charge is -2.70. The summed E-state index contributed by atoms with van der Waals surface area (Å²) < 4.78 is 5.45. The summed E-state index contributed by atoms with van der Waals surface area (Å²) in [7, 11) is 3.49. The van der Waals surface area contributed by atoms with Gasteiger partial charge in [0.25, 0.3) is 5.91 Å². The van der Waals surface area contributed by atoms with Crippen molar-refractivity contribution >= 4 is 23.4 Å². The Balaban J connectivity index is 1.37. The smallest absolute Gasteiger partial charge is 0.258 e. The highest BCUT2D eigenvalue weighted by Gasteiger charge is 2.68. The lowest BCUT2D eigenvalue weighted by atomic mass is 9.44. The SMILES string of the molecule is CN(C)C(=O)CNC12CC(NC(=O)COc3ccc(Cl)cc3)(C1)C2. The fraction of sp³-hybridized carbons (Fsp3) is 0.529. The van der Waals surface area contributed by atoms with Crippen LogP contribution in [0.5, 0.6) is 5.75 Å². The first-order chi connectivity index (χ1) is 11.3. The van der Waals surface area contributed by atoms with Crippen molar-refractivity contribution in [2.45, 2.75) is 30.3 Å². The average Bonchev–Trinajstić information content (AvgIpc) is 2.47. The van der Waals surface area contributed by atoms with E-state index in [1.807, 2.05) is 0 Å². The minimum Gasteiger partial charge on any atom is -0.484 e. The molecule has 2 bridgehead atoms. The second kappa shape index (κ2) is 6.26. The third-order valence-electron chi connectivity index (χ3n) is 4.73. The van der Waals surface area contributed by atoms with Gasteiger partial charge in [0, 0.05) is 30.2 Å². The van der Waals surface area contributed by atoms with Crippen LogP contribution in [0.25, 0.3) is 0 Å². The fourth-order valence-corrected chi connectivity index (χ4v) is 3.67. The Morgan fingerprint density at radius 3 is 2.38 bits per heavy atom. The maximum Gasteiger partial charge on any atom is 0.258 e. The van der Waals surface area contributed by atoms with Gasteiger partial charge in [-0.15, -0.1) is 0 Å². The van der Waals surface area contributed by atoms with Crippen molar-refractivity contribution in [2.24, 2.45) is 0 Å². The highest BCUT2D eigenvalue weighted by molar-refractivity contribution is 6.30. The Morgan fingerprint density at radius 2 is 1.79 bits per heavy atom. The molecule has 3 aliphatic carbocycles. The Labute approximate surface area is 146 Å². The first-order valence-corrected chi connectivity index (χ1v) is 8.34. The van der Waals surface area contributed by atoms with Crippen LogP contribution in [0.2, 0.25) is 5.02 Å². The highest BCUT2D eigenvalue weighted by Crippen LogP contribution is 2.60. The summed E-state index contributed by atoms with van der Waals surface area (Å²) >= 11 is 5.80. The molecule has 0 aliphatic heterocycles. The fourth-order valence-electron chi connectivity index (χ4n) is 3.54. The van der Waals surface area contributed by atoms with E-state index in [4.69, 9.17) is 16.3 Å². The molecule has 7 heteroatoms. The first-order valence-electron chi connectivity index (χ1n) is 7.96. The van der Waals surface area contributed by atoms with Gasteiger partial charge in [0.15, 0.2) is 6.61 Å². The predicted molar refractivity (Wildman–Crippen MR) is 91.1 cm³/mol. The Hall–Kier alpha value is -1.79. The number of carbonyl (C=O) groups is 2. The zero-order valence-corrected chi connectivity index (χ0v) is 14.7. The molecule has 0 heterocycles. The van der Waals surface area contributed by atoms with E-state index in [0.717, 1.165) is 19.3 Å². The monoisotopic (exact) mass is 351 g/mol. The van der Waals surface area contributed by atoms with Crippen molar-refractivity contribution in [3.05, 3.63) is 29.3 Å². The standard InChI is InChI=1S/C17H22ClN3O3/c1-21(2)15(23)7-19-16-9-17(10-16,11-16)20-14(22)8-24-13-5-3-12(18)4-6-13/h3-6,19H,7-11H2,1-2H3,(H,20,22). The molecule has 0 aromatic heterocycles. The normalized spacial score (nSPS) is 26.8. The van der Waals surface area contributed by atoms with Gasteiger partial charge in [-0.2, -0.15) is 0 Å². The zero-order valence-electron chi connectivity index (χ0n) is 13.9. The molecule has 2 N–H and O–H groups in total. The van der Waals surface area contributed by atoms with E-state index in [9.17, 15) is 9.59 Å². The topological polar surface area (TPSA) is 70.7 Å². The minimum absolute atomic E-state index is 0.0110. The lowest BCUT2D eigenvalue weighted by molar-refractivity contribution is -0.146. The third-order valence-corrected chi connectivity index (χ3v) is 4.98. The largest absolute Gasteiger partial charge is 0.484 e. The van der Waals surface area contributed by atoms with E-state index in [2.05, 4.69) is 10.6 Å². The molecule has 0 saturated heterocycles. The van der Waals surface area contributed by atoms with Gasteiger partial charge in [0.2, 0.25) is 5.91 Å². The minimum atomic E-state index is -0.123. The van der Waals surface area contributed by atoms with Gasteiger partial charge in [-0.1, -0.05) is 11.6 Å². The van der Waals surface area contributed by atoms with Crippen molar-refractivity contribution in [2.75, 3.05) is 27.2 Å². The van der Waals surface area contributed by atoms with Crippen molar-refractivity contribution in [1.29, 1.82) is 0 Å². The molecule has 0 unspecified atom stereocenters. The van der Waals surface area contributed by atoms with Crippen LogP contribution in [-0.4, -0.2) is 55.0 Å². The maximum absolute atomic E-state index is 12.0. The van der Waals surface area contributed by atoms with Crippen molar-refractivity contribution in [1.82, 2.24) is 15.5 Å². The number of likely N-dealkylation sites (N-methyl/N-ethyl adjacent to an activating group) is 1. The van der Waals surface area contributed by atoms with E-state index < -0.39 is 0 Å². The number of hydrogen-bond acceptors (Lipinski definition) is 4. The maximum atomic E-state index is 12.0. The average molecular weight is 352 g/mol. The molecule has 4 rings (SSSR count). The van der Waals surface area contributed by atoms with Gasteiger partial charge >= 0.3 is 0 Å². The van der Waals surface area contributed by atoms with Crippen LogP contribution in [0.3, 0.4) is 0 Å². The van der Waals surface area contributed by atoms with E-state index in [1.165, 1.54) is 0 Å². The summed E-state index contributed by atoms with van der Waals surface area (Å²) in [6, 6.07) is 6.91. The molecule has 130 valence electrons. The molecule has 0 spiro atoms. The summed E-state index contributed by atoms with van der Waals surface area (Å²) in [6.07, 6.45) is 2.61. The number of nitrogens with zero attached hydrogens (tertiary/aromatic N) is 1. The summed E-state index contributed by atoms with van der Waals surface area (Å²) in [5.74, 6) is 0.560. The number of benzene rings is 1. The number of rotatable bonds is 7. The number of nitrogens with one attached hydrogen (secondary N) is 2. The number of ether oxygens (including phenoxy) is 1. The number of carbonyl (C=O) groups excluding carboxylic acids is 2. The molecular weight excluding hydrogens is 330 g/mol. The molecule has 0 radical (unpaired) electrons. The van der Waals surface area contributed by atoms with Crippen molar-refractivity contribution < 1.29 is 14.3 Å². The number of hydrogen-bond donors (Lipinski definition) is 2. The van der Waals surface area contributed by atoms with Crippen LogP contribution < -0.4 is 15.4 Å². The molecule has 6 nitrogen and oxygen atoms in total. The third kappa shape index (κ3) is 3.49. The van der Waals surface area contributed by atoms with Crippen LogP contribution in [0, 0.1) is 0 Å². The summed E-state index contributed by atoms with van der Waals surface area (Å²) in [4.78, 5) is 25.2. The van der Waals surface area contributed by atoms with Crippen molar-refractivity contribution in [3.8, 4) is 5.75 Å². The van der Waals surface area contributed by atoms with Crippen LogP contribution in [-0.2, 0) is 9.59 Å². The van der Waals surface area contributed by atoms with Crippen LogP contribution in [0.1, 0.15) is 19.3 Å². The molecule has 24 heavy (non-hydrogen) atoms. The quantitative estimate of drug-likeness (QED) is 0.774. The van der Waals surface area contributed by atoms with E-state index in [0.29, 0.717) is 17.3 Å². The molecule has 2 amide bonds. The highest BCUT2D eigenvalue weighted by atomic mass is 35.5. The first kappa shape index (κ1) is 17.0. The molecule has 3 fully saturated rings. The second-order valence-corrected chi connectivity index (χ2v) is 7.46. The van der Waals surface area contributed by atoms with Gasteiger partial charge in [0.05, 0.1) is 6.54 Å². The van der Waals surface area contributed by atoms with Crippen molar-refractivity contribution in [3.63, 3.8) is 0 Å². The lowest BCUT2D eigenvalue weighted by Crippen LogP contribution is -2.83. The summed E-state index contributed by atoms with van der Waals surface area (Å²) in [6.45, 7) is 0.333. The summed E-state index contributed by atoms with van der Waals surface area (Å²) in [5.41, 5.74) is -0.0927. The second-order valence-electron chi connectivity index (χ2n) is 7.02. The Kier molecular flexibility index (Phi) is 4.44. The molecule has 3 saturated carbocycles. The number of halogens is 1. The zero-order chi connectivity index (χ0) is 17.4.